The van der Waals surface area contributed by atoms with E-state index in [1.807, 2.05) is 17.7 Å². The Labute approximate surface area is 175 Å². The summed E-state index contributed by atoms with van der Waals surface area (Å²) in [5.74, 6) is 1.07. The van der Waals surface area contributed by atoms with Crippen LogP contribution in [0.1, 0.15) is 18.1 Å². The van der Waals surface area contributed by atoms with Crippen LogP contribution in [0.4, 0.5) is 5.69 Å². The highest BCUT2D eigenvalue weighted by Crippen LogP contribution is 2.31. The molecular formula is C22H25N3O3S. The monoisotopic (exact) mass is 411 g/mol. The van der Waals surface area contributed by atoms with E-state index in [9.17, 15) is 4.79 Å². The van der Waals surface area contributed by atoms with Crippen LogP contribution in [0, 0.1) is 13.8 Å². The summed E-state index contributed by atoms with van der Waals surface area (Å²) in [6, 6.07) is 11.6. The molecule has 0 saturated heterocycles. The minimum Gasteiger partial charge on any atom is -0.493 e. The van der Waals surface area contributed by atoms with Crippen molar-refractivity contribution < 1.29 is 14.3 Å². The Bertz CT molecular complexity index is 1020. The van der Waals surface area contributed by atoms with Gasteiger partial charge >= 0.3 is 0 Å². The molecule has 1 amide bonds. The first kappa shape index (κ1) is 20.8. The highest BCUT2D eigenvalue weighted by Gasteiger charge is 2.19. The van der Waals surface area contributed by atoms with Crippen molar-refractivity contribution in [2.45, 2.75) is 31.2 Å². The summed E-state index contributed by atoms with van der Waals surface area (Å²) in [6.45, 7) is 5.99. The predicted molar refractivity (Wildman–Crippen MR) is 117 cm³/mol. The molecule has 0 aliphatic heterocycles. The largest absolute Gasteiger partial charge is 0.493 e. The Morgan fingerprint density at radius 1 is 1.10 bits per heavy atom. The molecule has 29 heavy (non-hydrogen) atoms. The number of amides is 1. The molecule has 1 heterocycles. The fourth-order valence-electron chi connectivity index (χ4n) is 2.91. The van der Waals surface area contributed by atoms with E-state index in [2.05, 4.69) is 42.3 Å². The number of rotatable bonds is 7. The molecule has 0 spiro atoms. The number of hydrogen-bond acceptors (Lipinski definition) is 5. The number of thioether (sulfide) groups is 1. The van der Waals surface area contributed by atoms with Crippen molar-refractivity contribution in [3.63, 3.8) is 0 Å². The highest BCUT2D eigenvalue weighted by atomic mass is 32.2. The summed E-state index contributed by atoms with van der Waals surface area (Å²) in [6.07, 6.45) is 3.67. The molecule has 1 atom stereocenters. The van der Waals surface area contributed by atoms with Gasteiger partial charge in [-0.2, -0.15) is 0 Å². The number of carbonyl (C=O) groups is 1. The lowest BCUT2D eigenvalue weighted by Crippen LogP contribution is -2.23. The third-order valence-electron chi connectivity index (χ3n) is 4.53. The number of nitrogens with one attached hydrogen (secondary N) is 1. The van der Waals surface area contributed by atoms with Gasteiger partial charge in [-0.1, -0.05) is 23.9 Å². The van der Waals surface area contributed by atoms with Gasteiger partial charge in [0.05, 0.1) is 25.2 Å². The van der Waals surface area contributed by atoms with Gasteiger partial charge in [0.15, 0.2) is 16.7 Å². The molecule has 1 unspecified atom stereocenters. The van der Waals surface area contributed by atoms with E-state index >= 15 is 0 Å². The van der Waals surface area contributed by atoms with E-state index in [1.54, 1.807) is 38.6 Å². The van der Waals surface area contributed by atoms with Crippen molar-refractivity contribution in [3.8, 4) is 17.2 Å². The molecule has 0 aliphatic carbocycles. The molecule has 0 fully saturated rings. The zero-order chi connectivity index (χ0) is 21.0. The van der Waals surface area contributed by atoms with Crippen LogP contribution in [0.25, 0.3) is 5.69 Å². The number of benzene rings is 2. The van der Waals surface area contributed by atoms with Crippen molar-refractivity contribution in [3.05, 3.63) is 59.9 Å². The second-order valence-electron chi connectivity index (χ2n) is 6.69. The molecular weight excluding hydrogens is 386 g/mol. The van der Waals surface area contributed by atoms with Crippen LogP contribution in [-0.4, -0.2) is 34.9 Å². The number of carbonyl (C=O) groups excluding carboxylic acids is 1. The molecule has 0 saturated carbocycles. The van der Waals surface area contributed by atoms with Gasteiger partial charge in [-0.15, -0.1) is 0 Å². The number of imidazole rings is 1. The summed E-state index contributed by atoms with van der Waals surface area (Å²) in [7, 11) is 3.14. The Morgan fingerprint density at radius 3 is 2.59 bits per heavy atom. The number of methoxy groups -OCH3 is 2. The molecule has 2 aromatic carbocycles. The maximum Gasteiger partial charge on any atom is 0.237 e. The summed E-state index contributed by atoms with van der Waals surface area (Å²) >= 11 is 1.42. The lowest BCUT2D eigenvalue weighted by molar-refractivity contribution is -0.115. The van der Waals surface area contributed by atoms with Crippen LogP contribution in [0.3, 0.4) is 0 Å². The van der Waals surface area contributed by atoms with Crippen LogP contribution < -0.4 is 14.8 Å². The molecule has 3 aromatic rings. The number of hydrogen-bond donors (Lipinski definition) is 1. The number of aryl methyl sites for hydroxylation is 2. The van der Waals surface area contributed by atoms with Crippen molar-refractivity contribution in [1.29, 1.82) is 0 Å². The quantitative estimate of drug-likeness (QED) is 0.575. The van der Waals surface area contributed by atoms with E-state index < -0.39 is 0 Å². The van der Waals surface area contributed by atoms with Gasteiger partial charge < -0.3 is 14.8 Å². The maximum atomic E-state index is 12.7. The third-order valence-corrected chi connectivity index (χ3v) is 5.61. The van der Waals surface area contributed by atoms with Gasteiger partial charge in [-0.25, -0.2) is 4.98 Å². The average molecular weight is 412 g/mol. The normalized spacial score (nSPS) is 11.8. The third kappa shape index (κ3) is 4.74. The van der Waals surface area contributed by atoms with Crippen LogP contribution in [0.15, 0.2) is 53.9 Å². The van der Waals surface area contributed by atoms with Gasteiger partial charge in [0, 0.05) is 24.1 Å². The van der Waals surface area contributed by atoms with Gasteiger partial charge in [0.2, 0.25) is 5.91 Å². The van der Waals surface area contributed by atoms with E-state index in [-0.39, 0.29) is 11.2 Å². The van der Waals surface area contributed by atoms with E-state index in [0.29, 0.717) is 17.2 Å². The number of aromatic nitrogens is 2. The van der Waals surface area contributed by atoms with Crippen molar-refractivity contribution >= 4 is 23.4 Å². The zero-order valence-electron chi connectivity index (χ0n) is 17.2. The lowest BCUT2D eigenvalue weighted by atomic mass is 10.1. The summed E-state index contributed by atoms with van der Waals surface area (Å²) < 4.78 is 12.6. The molecule has 1 aromatic heterocycles. The number of anilines is 1. The summed E-state index contributed by atoms with van der Waals surface area (Å²) in [5, 5.41) is 3.36. The predicted octanol–water partition coefficient (Wildman–Crippen LogP) is 4.63. The van der Waals surface area contributed by atoms with Crippen LogP contribution in [0.2, 0.25) is 0 Å². The molecule has 152 valence electrons. The lowest BCUT2D eigenvalue weighted by Gasteiger charge is -2.15. The molecule has 7 heteroatoms. The van der Waals surface area contributed by atoms with Crippen molar-refractivity contribution in [1.82, 2.24) is 9.55 Å². The van der Waals surface area contributed by atoms with Crippen LogP contribution >= 0.6 is 11.8 Å². The second-order valence-corrected chi connectivity index (χ2v) is 8.00. The van der Waals surface area contributed by atoms with E-state index in [1.165, 1.54) is 17.3 Å². The molecule has 6 nitrogen and oxygen atoms in total. The van der Waals surface area contributed by atoms with Crippen LogP contribution in [0.5, 0.6) is 11.5 Å². The number of nitrogens with zero attached hydrogens (tertiary/aromatic N) is 2. The highest BCUT2D eigenvalue weighted by molar-refractivity contribution is 8.00. The first-order chi connectivity index (χ1) is 13.9. The minimum atomic E-state index is -0.339. The Hall–Kier alpha value is -2.93. The van der Waals surface area contributed by atoms with E-state index in [4.69, 9.17) is 9.47 Å². The summed E-state index contributed by atoms with van der Waals surface area (Å²) in [5.41, 5.74) is 4.04. The standard InChI is InChI=1S/C22H25N3O3S/c1-14-6-7-15(2)18(12-14)25-11-10-23-22(25)29-16(3)21(26)24-17-8-9-19(27-4)20(13-17)28-5/h6-13,16H,1-5H3,(H,24,26). The first-order valence-electron chi connectivity index (χ1n) is 9.23. The fraction of sp³-hybridized carbons (Fsp3) is 0.273. The topological polar surface area (TPSA) is 65.4 Å². The van der Waals surface area contributed by atoms with Crippen molar-refractivity contribution in [2.75, 3.05) is 19.5 Å². The molecule has 0 radical (unpaired) electrons. The second kappa shape index (κ2) is 9.05. The van der Waals surface area contributed by atoms with Gasteiger partial charge in [-0.05, 0) is 50.1 Å². The minimum absolute atomic E-state index is 0.113. The average Bonchev–Trinajstić information content (AvgIpc) is 3.17. The Balaban J connectivity index is 1.74. The zero-order valence-corrected chi connectivity index (χ0v) is 18.0. The van der Waals surface area contributed by atoms with Gasteiger partial charge in [-0.3, -0.25) is 9.36 Å². The van der Waals surface area contributed by atoms with E-state index in [0.717, 1.165) is 16.4 Å². The fourth-order valence-corrected chi connectivity index (χ4v) is 3.79. The maximum absolute atomic E-state index is 12.7. The Morgan fingerprint density at radius 2 is 1.86 bits per heavy atom. The van der Waals surface area contributed by atoms with Gasteiger partial charge in [0.25, 0.3) is 0 Å². The molecule has 3 rings (SSSR count). The van der Waals surface area contributed by atoms with Crippen LogP contribution in [-0.2, 0) is 4.79 Å². The molecule has 0 aliphatic rings. The summed E-state index contributed by atoms with van der Waals surface area (Å²) in [4.78, 5) is 17.2. The smallest absolute Gasteiger partial charge is 0.237 e. The van der Waals surface area contributed by atoms with Crippen molar-refractivity contribution in [2.24, 2.45) is 0 Å². The SMILES string of the molecule is COc1ccc(NC(=O)C(C)Sc2nccn2-c2cc(C)ccc2C)cc1OC. The Kier molecular flexibility index (Phi) is 6.49. The molecule has 1 N–H and O–H groups in total. The molecule has 0 bridgehead atoms. The number of ether oxygens (including phenoxy) is 2. The first-order valence-corrected chi connectivity index (χ1v) is 10.1. The van der Waals surface area contributed by atoms with Gasteiger partial charge in [0.1, 0.15) is 0 Å².